The van der Waals surface area contributed by atoms with E-state index in [2.05, 4.69) is 5.32 Å². The number of hydrogen-bond acceptors (Lipinski definition) is 16. The predicted molar refractivity (Wildman–Crippen MR) is 325 cm³/mol. The van der Waals surface area contributed by atoms with Gasteiger partial charge in [-0.25, -0.2) is 0 Å². The number of nitrogens with one attached hydrogen (secondary N) is 1. The van der Waals surface area contributed by atoms with Crippen molar-refractivity contribution < 1.29 is 46.0 Å². The van der Waals surface area contributed by atoms with Crippen molar-refractivity contribution >= 4 is 86.2 Å². The van der Waals surface area contributed by atoms with Crippen LogP contribution in [0, 0.1) is 55.4 Å². The van der Waals surface area contributed by atoms with Crippen molar-refractivity contribution in [2.24, 2.45) is 0 Å². The summed E-state index contributed by atoms with van der Waals surface area (Å²) in [4.78, 5) is 0. The SMILES string of the molecule is Cc1c(N)cccc1O.Cc1cc(Cl)c(N)cc1O.Cc1ccc(C)c(Cl)c1O.Cc1ccc(N)c(C)c1O.Cc1ccc(N)cc1O.Cc1ccc(NCCO)cc1O.Nc1c(Cl)ccc(O)c1Cl.Nc1cccc(O)c1. The molecule has 0 saturated heterocycles. The maximum absolute atomic E-state index is 9.31. The molecule has 0 unspecified atom stereocenters. The maximum atomic E-state index is 9.31. The molecule has 8 aromatic rings. The second-order valence-corrected chi connectivity index (χ2v) is 18.6. The van der Waals surface area contributed by atoms with Gasteiger partial charge in [-0.3, -0.25) is 0 Å². The zero-order valence-electron chi connectivity index (χ0n) is 44.5. The first-order valence-electron chi connectivity index (χ1n) is 23.4. The fourth-order valence-electron chi connectivity index (χ4n) is 5.56. The quantitative estimate of drug-likeness (QED) is 0.0731. The maximum Gasteiger partial charge on any atom is 0.137 e. The molecule has 0 radical (unpaired) electrons. The molecule has 0 aliphatic heterocycles. The number of benzene rings is 8. The Labute approximate surface area is 475 Å². The molecule has 0 aliphatic rings. The number of hydrogen-bond donors (Lipinski definition) is 16. The van der Waals surface area contributed by atoms with Crippen LogP contribution < -0.4 is 39.7 Å². The standard InChI is InChI=1S/C9H13NO2.C8H9ClO.C8H11NO.C7H8ClNO.2C7H9NO.C6H5Cl2NO.C6H7NO/c1-7-2-3-8(6-9(7)12)10-4-5-11;1-5-3-4-6(2)8(10)7(5)9;1-5-3-4-7(9)6(2)8(5)10;1-4-2-5(8)6(9)3-7(4)10;1-5-2-3-6(8)4-7(5)9;1-5-6(8)3-2-4-7(5)9;7-3-1-2-4(10)5(8)6(3)9;7-5-2-1-3-6(8)4-5/h2-3,6,10-12H,4-5H2,1H3;3-4,10H,1-2H3;3-4,10H,9H2,1-2H3;2-3,10H,9H2,1H3;2*2-4,9H,8H2,1H3;1-2,10H,9H2;1-4,8H,7H2. The lowest BCUT2D eigenvalue weighted by Crippen LogP contribution is -2.04. The minimum absolute atomic E-state index is 0.0523. The van der Waals surface area contributed by atoms with Gasteiger partial charge in [-0.1, -0.05) is 88.9 Å². The first-order chi connectivity index (χ1) is 36.4. The lowest BCUT2D eigenvalue weighted by Gasteiger charge is -2.05. The second kappa shape index (κ2) is 33.8. The number of rotatable bonds is 3. The molecule has 22 N–H and O–H groups in total. The van der Waals surface area contributed by atoms with Gasteiger partial charge in [0.25, 0.3) is 0 Å². The van der Waals surface area contributed by atoms with E-state index >= 15 is 0 Å². The zero-order chi connectivity index (χ0) is 59.6. The fourth-order valence-corrected chi connectivity index (χ4v) is 6.36. The van der Waals surface area contributed by atoms with Crippen LogP contribution in [0.1, 0.15) is 44.5 Å². The minimum atomic E-state index is -0.0523. The molecule has 0 fully saturated rings. The van der Waals surface area contributed by atoms with Crippen molar-refractivity contribution in [1.29, 1.82) is 0 Å². The zero-order valence-corrected chi connectivity index (χ0v) is 47.6. The molecule has 420 valence electrons. The van der Waals surface area contributed by atoms with E-state index < -0.39 is 0 Å². The Morgan fingerprint density at radius 3 is 1.37 bits per heavy atom. The smallest absolute Gasteiger partial charge is 0.137 e. The van der Waals surface area contributed by atoms with Crippen LogP contribution in [0.5, 0.6) is 46.0 Å². The first-order valence-corrected chi connectivity index (χ1v) is 24.9. The molecule has 0 saturated carbocycles. The third-order valence-corrected chi connectivity index (χ3v) is 12.2. The Bertz CT molecular complexity index is 2890. The van der Waals surface area contributed by atoms with Crippen LogP contribution >= 0.6 is 46.4 Å². The Morgan fingerprint density at radius 1 is 0.385 bits per heavy atom. The molecule has 8 rings (SSSR count). The summed E-state index contributed by atoms with van der Waals surface area (Å²) < 4.78 is 0. The molecule has 0 spiro atoms. The molecule has 0 aliphatic carbocycles. The topological polar surface area (TPSA) is 350 Å². The van der Waals surface area contributed by atoms with E-state index in [1.807, 2.05) is 58.9 Å². The van der Waals surface area contributed by atoms with Gasteiger partial charge < -0.3 is 85.7 Å². The van der Waals surface area contributed by atoms with Gasteiger partial charge in [0, 0.05) is 70.4 Å². The lowest BCUT2D eigenvalue weighted by molar-refractivity contribution is 0.311. The number of aliphatic hydroxyl groups is 1. The molecular weight excluding hydrogens is 1080 g/mol. The van der Waals surface area contributed by atoms with Crippen LogP contribution in [0.4, 0.5) is 39.8 Å². The molecule has 0 atom stereocenters. The van der Waals surface area contributed by atoms with Crippen LogP contribution in [0.15, 0.2) is 127 Å². The number of halogens is 4. The Morgan fingerprint density at radius 2 is 0.897 bits per heavy atom. The van der Waals surface area contributed by atoms with Crippen LogP contribution in [-0.2, 0) is 0 Å². The van der Waals surface area contributed by atoms with Gasteiger partial charge in [-0.05, 0) is 149 Å². The van der Waals surface area contributed by atoms with Gasteiger partial charge in [0.15, 0.2) is 0 Å². The van der Waals surface area contributed by atoms with Crippen molar-refractivity contribution in [3.8, 4) is 46.0 Å². The lowest BCUT2D eigenvalue weighted by atomic mass is 10.1. The van der Waals surface area contributed by atoms with Crippen molar-refractivity contribution in [2.75, 3.05) is 52.9 Å². The average Bonchev–Trinajstić information content (AvgIpc) is 3.39. The van der Waals surface area contributed by atoms with Crippen LogP contribution in [0.3, 0.4) is 0 Å². The van der Waals surface area contributed by atoms with Crippen molar-refractivity contribution in [3.63, 3.8) is 0 Å². The summed E-state index contributed by atoms with van der Waals surface area (Å²) >= 11 is 22.5. The molecule has 16 nitrogen and oxygen atoms in total. The third-order valence-electron chi connectivity index (χ3n) is 10.7. The summed E-state index contributed by atoms with van der Waals surface area (Å²) in [5.41, 5.74) is 42.9. The first kappa shape index (κ1) is 67.9. The number of aromatic hydroxyl groups is 8. The van der Waals surface area contributed by atoms with Gasteiger partial charge >= 0.3 is 0 Å². The normalized spacial score (nSPS) is 9.65. The second-order valence-electron chi connectivity index (χ2n) is 17.0. The Hall–Kier alpha value is -8.12. The predicted octanol–water partition coefficient (Wildman–Crippen LogP) is 13.1. The number of anilines is 7. The van der Waals surface area contributed by atoms with E-state index in [0.29, 0.717) is 55.8 Å². The molecule has 8 aromatic carbocycles. The van der Waals surface area contributed by atoms with E-state index in [1.165, 1.54) is 30.3 Å². The number of aliphatic hydroxyl groups excluding tert-OH is 1. The highest BCUT2D eigenvalue weighted by molar-refractivity contribution is 6.39. The van der Waals surface area contributed by atoms with Gasteiger partial charge in [0.2, 0.25) is 0 Å². The number of nitrogen functional groups attached to an aromatic ring is 6. The summed E-state index contributed by atoms with van der Waals surface area (Å²) in [6.07, 6.45) is 0. The Balaban J connectivity index is 0.000000447. The number of nitrogens with two attached hydrogens (primary N) is 6. The van der Waals surface area contributed by atoms with Crippen LogP contribution in [-0.4, -0.2) is 59.1 Å². The monoisotopic (exact) mass is 1150 g/mol. The molecule has 0 amide bonds. The number of phenols is 8. The van der Waals surface area contributed by atoms with Gasteiger partial charge in [-0.15, -0.1) is 0 Å². The number of aryl methyl sites for hydroxylation is 6. The molecule has 0 aromatic heterocycles. The molecular formula is C58H71Cl4N7O9. The highest BCUT2D eigenvalue weighted by atomic mass is 35.5. The highest BCUT2D eigenvalue weighted by Crippen LogP contribution is 2.34. The van der Waals surface area contributed by atoms with E-state index in [0.717, 1.165) is 50.2 Å². The minimum Gasteiger partial charge on any atom is -0.508 e. The highest BCUT2D eigenvalue weighted by Gasteiger charge is 2.06. The summed E-state index contributed by atoms with van der Waals surface area (Å²) in [7, 11) is 0. The largest absolute Gasteiger partial charge is 0.508 e. The van der Waals surface area contributed by atoms with Gasteiger partial charge in [0.1, 0.15) is 51.0 Å². The van der Waals surface area contributed by atoms with Crippen LogP contribution in [0.25, 0.3) is 0 Å². The van der Waals surface area contributed by atoms with Crippen molar-refractivity contribution in [1.82, 2.24) is 0 Å². The molecule has 78 heavy (non-hydrogen) atoms. The van der Waals surface area contributed by atoms with E-state index in [9.17, 15) is 15.3 Å². The third kappa shape index (κ3) is 23.8. The van der Waals surface area contributed by atoms with Gasteiger partial charge in [-0.2, -0.15) is 0 Å². The summed E-state index contributed by atoms with van der Waals surface area (Å²) in [6.45, 7) is 15.1. The summed E-state index contributed by atoms with van der Waals surface area (Å²) in [5.74, 6) is 1.64. The van der Waals surface area contributed by atoms with Gasteiger partial charge in [0.05, 0.1) is 33.0 Å². The summed E-state index contributed by atoms with van der Waals surface area (Å²) in [5, 5.41) is 85.5. The molecule has 0 heterocycles. The van der Waals surface area contributed by atoms with Crippen molar-refractivity contribution in [3.05, 3.63) is 192 Å². The van der Waals surface area contributed by atoms with E-state index in [-0.39, 0.29) is 57.6 Å². The number of phenolic OH excluding ortho intramolecular Hbond substituents is 8. The molecule has 20 heteroatoms. The van der Waals surface area contributed by atoms with E-state index in [4.69, 9.17) is 111 Å². The molecule has 0 bridgehead atoms. The average molecular weight is 1150 g/mol. The fraction of sp³-hybridized carbons (Fsp3) is 0.172. The van der Waals surface area contributed by atoms with E-state index in [1.54, 1.807) is 93.6 Å². The summed E-state index contributed by atoms with van der Waals surface area (Å²) in [6, 6.07) is 35.3. The van der Waals surface area contributed by atoms with Crippen LogP contribution in [0.2, 0.25) is 20.1 Å². The van der Waals surface area contributed by atoms with Crippen molar-refractivity contribution in [2.45, 2.75) is 55.4 Å². The Kier molecular flexibility index (Phi) is 29.4.